The molecule has 0 aromatic heterocycles. The third-order valence-corrected chi connectivity index (χ3v) is 7.68. The van der Waals surface area contributed by atoms with Gasteiger partial charge in [-0.15, -0.1) is 0 Å². The first-order valence-corrected chi connectivity index (χ1v) is 13.5. The van der Waals surface area contributed by atoms with Crippen LogP contribution in [0, 0.1) is 105 Å². The summed E-state index contributed by atoms with van der Waals surface area (Å²) < 4.78 is 0. The van der Waals surface area contributed by atoms with Crippen LogP contribution in [0.25, 0.3) is 22.3 Å². The Hall–Kier alpha value is -1.65. The Balaban J connectivity index is 0.000000568. The molecule has 0 atom stereocenters. The first kappa shape index (κ1) is 29.9. The molecule has 0 heterocycles. The van der Waals surface area contributed by atoms with Crippen LogP contribution in [0.1, 0.15) is 33.4 Å². The fourth-order valence-electron chi connectivity index (χ4n) is 5.23. The summed E-state index contributed by atoms with van der Waals surface area (Å²) in [6, 6.07) is 16.0. The summed E-state index contributed by atoms with van der Waals surface area (Å²) in [5.74, 6) is 3.61. The minimum Gasteiger partial charge on any atom is -0.0709 e. The maximum absolute atomic E-state index is 2.33. The van der Waals surface area contributed by atoms with Gasteiger partial charge in [-0.2, -0.15) is 0 Å². The van der Waals surface area contributed by atoms with Gasteiger partial charge >= 0.3 is 17.1 Å². The Morgan fingerprint density at radius 2 is 0.919 bits per heavy atom. The van der Waals surface area contributed by atoms with Gasteiger partial charge in [-0.05, 0) is 150 Å². The molecule has 2 fully saturated rings. The number of hydrogen-bond acceptors (Lipinski definition) is 0. The molecular formula is C35H35FeP+2. The maximum Gasteiger partial charge on any atom is 2.00 e. The summed E-state index contributed by atoms with van der Waals surface area (Å²) in [4.78, 5) is 0. The van der Waals surface area contributed by atoms with Gasteiger partial charge in [0.1, 0.15) is 0 Å². The van der Waals surface area contributed by atoms with Crippen LogP contribution in [0.4, 0.5) is 0 Å². The van der Waals surface area contributed by atoms with Crippen molar-refractivity contribution in [1.82, 2.24) is 0 Å². The van der Waals surface area contributed by atoms with Gasteiger partial charge in [-0.25, -0.2) is 0 Å². The molecule has 0 unspecified atom stereocenters. The van der Waals surface area contributed by atoms with E-state index in [-0.39, 0.29) is 17.1 Å². The van der Waals surface area contributed by atoms with Crippen LogP contribution in [0.3, 0.4) is 0 Å². The van der Waals surface area contributed by atoms with Crippen LogP contribution in [-0.4, -0.2) is 5.80 Å². The second kappa shape index (κ2) is 13.9. The van der Waals surface area contributed by atoms with Gasteiger partial charge in [-0.3, -0.25) is 0 Å². The van der Waals surface area contributed by atoms with E-state index in [1.165, 1.54) is 75.1 Å². The molecular weight excluding hydrogens is 507 g/mol. The van der Waals surface area contributed by atoms with E-state index in [1.807, 2.05) is 32.1 Å². The third-order valence-electron chi connectivity index (χ3n) is 6.52. The van der Waals surface area contributed by atoms with Crippen molar-refractivity contribution >= 4 is 19.3 Å². The number of rotatable bonds is 4. The van der Waals surface area contributed by atoms with E-state index >= 15 is 0 Å². The van der Waals surface area contributed by atoms with E-state index in [2.05, 4.69) is 115 Å². The molecule has 0 aliphatic heterocycles. The van der Waals surface area contributed by atoms with Crippen molar-refractivity contribution in [3.8, 4) is 22.3 Å². The topological polar surface area (TPSA) is 0 Å². The average molecular weight is 542 g/mol. The van der Waals surface area contributed by atoms with Crippen molar-refractivity contribution in [2.75, 3.05) is 0 Å². The molecule has 10 radical (unpaired) electrons. The summed E-state index contributed by atoms with van der Waals surface area (Å²) in [6.07, 6.45) is 18.6. The van der Waals surface area contributed by atoms with Crippen molar-refractivity contribution in [2.45, 2.75) is 41.5 Å². The molecule has 2 saturated carbocycles. The van der Waals surface area contributed by atoms with Gasteiger partial charge in [-0.1, -0.05) is 61.8 Å². The molecule has 0 nitrogen and oxygen atoms in total. The zero-order chi connectivity index (χ0) is 25.7. The standard InChI is InChI=1S/C30H30P.C5H5.Fe/c1-19-14-21(3)28(22(4)15-19)26-12-9-13-27(29-23(5)16-20(2)17-24(29)6)30(26)31-18-25-10-7-8-11-25;1-2-4-5-3-1;/h7-18H,1-6H3;1-5H;/q;;+2. The minimum absolute atomic E-state index is 0. The second-order valence-corrected chi connectivity index (χ2v) is 10.7. The normalized spacial score (nSPS) is 15.5. The van der Waals surface area contributed by atoms with E-state index in [1.54, 1.807) is 0 Å². The van der Waals surface area contributed by atoms with Gasteiger partial charge in [0.15, 0.2) is 0 Å². The van der Waals surface area contributed by atoms with Gasteiger partial charge in [0, 0.05) is 11.2 Å². The van der Waals surface area contributed by atoms with Gasteiger partial charge in [0.05, 0.1) is 0 Å². The number of benzene rings is 3. The van der Waals surface area contributed by atoms with Gasteiger partial charge < -0.3 is 0 Å². The molecule has 5 rings (SSSR count). The summed E-state index contributed by atoms with van der Waals surface area (Å²) in [5, 5.41) is 1.38. The molecule has 37 heavy (non-hydrogen) atoms. The number of hydrogen-bond donors (Lipinski definition) is 0. The van der Waals surface area contributed by atoms with E-state index in [4.69, 9.17) is 0 Å². The smallest absolute Gasteiger partial charge is 0.0709 e. The maximum atomic E-state index is 2.33. The Morgan fingerprint density at radius 1 is 0.541 bits per heavy atom. The molecule has 0 amide bonds. The minimum atomic E-state index is 0. The predicted molar refractivity (Wildman–Crippen MR) is 160 cm³/mol. The van der Waals surface area contributed by atoms with Crippen molar-refractivity contribution in [1.29, 1.82) is 0 Å². The Labute approximate surface area is 239 Å². The van der Waals surface area contributed by atoms with E-state index in [0.717, 1.165) is 0 Å². The SMILES string of the molecule is Cc1cc(C)c(-c2cccc(-c3c(C)cc(C)cc3C)c2P=C[C]2[CH][CH][CH][CH]2)c(C)c1.[CH]1[CH][CH][CH][CH]1.[Fe+2]. The fraction of sp³-hybridized carbons (Fsp3) is 0.171. The van der Waals surface area contributed by atoms with Crippen LogP contribution in [0.2, 0.25) is 0 Å². The predicted octanol–water partition coefficient (Wildman–Crippen LogP) is 8.67. The Morgan fingerprint density at radius 3 is 1.30 bits per heavy atom. The zero-order valence-corrected chi connectivity index (χ0v) is 24.6. The molecule has 0 bridgehead atoms. The molecule has 2 aliphatic rings. The number of aryl methyl sites for hydroxylation is 6. The zero-order valence-electron chi connectivity index (χ0n) is 22.6. The van der Waals surface area contributed by atoms with E-state index in [0.29, 0.717) is 0 Å². The summed E-state index contributed by atoms with van der Waals surface area (Å²) in [5.41, 5.74) is 13.4. The first-order chi connectivity index (χ1) is 17.3. The Bertz CT molecular complexity index is 1100. The van der Waals surface area contributed by atoms with Crippen molar-refractivity contribution < 1.29 is 17.1 Å². The van der Waals surface area contributed by atoms with Crippen molar-refractivity contribution in [2.24, 2.45) is 0 Å². The largest absolute Gasteiger partial charge is 2.00 e. The van der Waals surface area contributed by atoms with Crippen molar-refractivity contribution in [3.63, 3.8) is 0 Å². The second-order valence-electron chi connectivity index (χ2n) is 9.69. The fourth-order valence-corrected chi connectivity index (χ4v) is 6.33. The first-order valence-electron chi connectivity index (χ1n) is 12.6. The van der Waals surface area contributed by atoms with Gasteiger partial charge in [0.2, 0.25) is 0 Å². The third kappa shape index (κ3) is 7.47. The molecule has 0 N–H and O–H groups in total. The molecule has 0 saturated heterocycles. The van der Waals surface area contributed by atoms with Crippen LogP contribution in [0.15, 0.2) is 42.5 Å². The van der Waals surface area contributed by atoms with E-state index < -0.39 is 0 Å². The average Bonchev–Trinajstić information content (AvgIpc) is 3.54. The molecule has 2 aliphatic carbocycles. The van der Waals surface area contributed by atoms with E-state index in [9.17, 15) is 0 Å². The van der Waals surface area contributed by atoms with Crippen LogP contribution in [0.5, 0.6) is 0 Å². The van der Waals surface area contributed by atoms with Crippen LogP contribution in [-0.2, 0) is 17.1 Å². The van der Waals surface area contributed by atoms with Crippen LogP contribution < -0.4 is 5.30 Å². The monoisotopic (exact) mass is 542 g/mol. The summed E-state index contributed by atoms with van der Waals surface area (Å²) in [7, 11) is 1.22. The molecule has 3 aromatic rings. The quantitative estimate of drug-likeness (QED) is 0.229. The summed E-state index contributed by atoms with van der Waals surface area (Å²) in [6.45, 7) is 13.3. The molecule has 186 valence electrons. The molecule has 0 spiro atoms. The van der Waals surface area contributed by atoms with Gasteiger partial charge in [0.25, 0.3) is 0 Å². The van der Waals surface area contributed by atoms with Crippen molar-refractivity contribution in [3.05, 3.63) is 140 Å². The molecule has 2 heteroatoms. The Kier molecular flexibility index (Phi) is 11.3. The van der Waals surface area contributed by atoms with Crippen LogP contribution >= 0.6 is 8.20 Å². The summed E-state index contributed by atoms with van der Waals surface area (Å²) >= 11 is 0. The molecule has 3 aromatic carbocycles.